The van der Waals surface area contributed by atoms with E-state index in [0.29, 0.717) is 6.10 Å². The Kier molecular flexibility index (Phi) is 3.34. The Morgan fingerprint density at radius 2 is 2.55 bits per heavy atom. The summed E-state index contributed by atoms with van der Waals surface area (Å²) in [6, 6.07) is 0. The van der Waals surface area contributed by atoms with Crippen molar-refractivity contribution in [2.45, 2.75) is 38.7 Å². The summed E-state index contributed by atoms with van der Waals surface area (Å²) in [4.78, 5) is 10.1. The molecule has 1 atom stereocenters. The molecule has 0 saturated carbocycles. The summed E-state index contributed by atoms with van der Waals surface area (Å²) in [5, 5.41) is 0. The highest BCUT2D eigenvalue weighted by molar-refractivity contribution is 5.50. The smallest absolute Gasteiger partial charge is 0.123 e. The van der Waals surface area contributed by atoms with Crippen LogP contribution in [0.1, 0.15) is 32.6 Å². The Bertz CT molecular complexity index is 162. The van der Waals surface area contributed by atoms with Gasteiger partial charge in [0.2, 0.25) is 0 Å². The molecule has 1 saturated heterocycles. The lowest BCUT2D eigenvalue weighted by Gasteiger charge is -2.06. The maximum Gasteiger partial charge on any atom is 0.123 e. The van der Waals surface area contributed by atoms with Crippen LogP contribution in [-0.4, -0.2) is 18.7 Å². The summed E-state index contributed by atoms with van der Waals surface area (Å²) in [6.07, 6.45) is 4.56. The van der Waals surface area contributed by atoms with E-state index in [1.165, 1.54) is 6.42 Å². The second kappa shape index (κ2) is 4.32. The van der Waals surface area contributed by atoms with E-state index in [2.05, 4.69) is 0 Å². The second-order valence-electron chi connectivity index (χ2n) is 3.06. The molecular weight excluding hydrogens is 140 g/mol. The van der Waals surface area contributed by atoms with E-state index in [4.69, 9.17) is 4.74 Å². The lowest BCUT2D eigenvalue weighted by Crippen LogP contribution is -2.04. The molecule has 0 spiro atoms. The number of allylic oxidation sites excluding steroid dienone is 1. The molecule has 11 heavy (non-hydrogen) atoms. The highest BCUT2D eigenvalue weighted by atomic mass is 16.5. The van der Waals surface area contributed by atoms with Gasteiger partial charge >= 0.3 is 0 Å². The number of rotatable bonds is 3. The quantitative estimate of drug-likeness (QED) is 0.578. The predicted octanol–water partition coefficient (Wildman–Crippen LogP) is 1.72. The normalized spacial score (nSPS) is 23.2. The van der Waals surface area contributed by atoms with E-state index < -0.39 is 0 Å². The molecule has 62 valence electrons. The van der Waals surface area contributed by atoms with Crippen LogP contribution in [0.3, 0.4) is 0 Å². The van der Waals surface area contributed by atoms with E-state index in [9.17, 15) is 4.79 Å². The Hall–Kier alpha value is -0.590. The van der Waals surface area contributed by atoms with Gasteiger partial charge in [-0.05, 0) is 32.6 Å². The molecule has 1 rings (SSSR count). The molecule has 2 heteroatoms. The van der Waals surface area contributed by atoms with E-state index in [1.807, 2.05) is 12.9 Å². The van der Waals surface area contributed by atoms with Gasteiger partial charge in [-0.2, -0.15) is 0 Å². The van der Waals surface area contributed by atoms with Crippen LogP contribution in [0.15, 0.2) is 5.57 Å². The Morgan fingerprint density at radius 3 is 3.09 bits per heavy atom. The van der Waals surface area contributed by atoms with Crippen molar-refractivity contribution in [3.05, 3.63) is 5.57 Å². The van der Waals surface area contributed by atoms with E-state index >= 15 is 0 Å². The van der Waals surface area contributed by atoms with Crippen molar-refractivity contribution >= 4 is 5.94 Å². The molecule has 0 aliphatic carbocycles. The molecule has 0 aromatic rings. The number of hydrogen-bond acceptors (Lipinski definition) is 2. The summed E-state index contributed by atoms with van der Waals surface area (Å²) >= 11 is 0. The van der Waals surface area contributed by atoms with Gasteiger partial charge in [0.15, 0.2) is 0 Å². The summed E-state index contributed by atoms with van der Waals surface area (Å²) in [6.45, 7) is 2.72. The molecule has 1 fully saturated rings. The van der Waals surface area contributed by atoms with Gasteiger partial charge in [-0.1, -0.05) is 0 Å². The third kappa shape index (κ3) is 2.87. The lowest BCUT2D eigenvalue weighted by molar-refractivity contribution is 0.104. The van der Waals surface area contributed by atoms with Crippen LogP contribution < -0.4 is 0 Å². The average molecular weight is 154 g/mol. The molecule has 1 aliphatic heterocycles. The van der Waals surface area contributed by atoms with Crippen LogP contribution in [-0.2, 0) is 9.53 Å². The highest BCUT2D eigenvalue weighted by Gasteiger charge is 2.14. The fraction of sp³-hybridized carbons (Fsp3) is 0.778. The Labute approximate surface area is 67.2 Å². The first-order valence-corrected chi connectivity index (χ1v) is 4.15. The molecule has 0 N–H and O–H groups in total. The monoisotopic (exact) mass is 154 g/mol. The zero-order valence-corrected chi connectivity index (χ0v) is 6.93. The highest BCUT2D eigenvalue weighted by Crippen LogP contribution is 2.18. The van der Waals surface area contributed by atoms with Crippen molar-refractivity contribution < 1.29 is 9.53 Å². The number of carbonyl (C=O) groups excluding carboxylic acids is 1. The fourth-order valence-corrected chi connectivity index (χ4v) is 1.30. The largest absolute Gasteiger partial charge is 0.378 e. The molecule has 1 unspecified atom stereocenters. The Morgan fingerprint density at radius 1 is 1.73 bits per heavy atom. The van der Waals surface area contributed by atoms with E-state index in [1.54, 1.807) is 0 Å². The van der Waals surface area contributed by atoms with Crippen LogP contribution in [0.25, 0.3) is 0 Å². The van der Waals surface area contributed by atoms with Crippen molar-refractivity contribution in [2.24, 2.45) is 0 Å². The van der Waals surface area contributed by atoms with Gasteiger partial charge in [0, 0.05) is 12.2 Å². The SMILES string of the molecule is CC(=C=O)CCC1CCCO1. The minimum absolute atomic E-state index is 0.401. The van der Waals surface area contributed by atoms with Crippen molar-refractivity contribution in [3.8, 4) is 0 Å². The molecule has 0 amide bonds. The summed E-state index contributed by atoms with van der Waals surface area (Å²) in [5.74, 6) is 1.90. The van der Waals surface area contributed by atoms with Crippen molar-refractivity contribution in [2.75, 3.05) is 6.61 Å². The fourth-order valence-electron chi connectivity index (χ4n) is 1.30. The van der Waals surface area contributed by atoms with Crippen molar-refractivity contribution in [1.29, 1.82) is 0 Å². The topological polar surface area (TPSA) is 26.3 Å². The van der Waals surface area contributed by atoms with Crippen molar-refractivity contribution in [1.82, 2.24) is 0 Å². The molecule has 1 heterocycles. The second-order valence-corrected chi connectivity index (χ2v) is 3.06. The van der Waals surface area contributed by atoms with Crippen LogP contribution >= 0.6 is 0 Å². The van der Waals surface area contributed by atoms with Gasteiger partial charge < -0.3 is 4.74 Å². The number of hydrogen-bond donors (Lipinski definition) is 0. The summed E-state index contributed by atoms with van der Waals surface area (Å²) in [7, 11) is 0. The average Bonchev–Trinajstić information content (AvgIpc) is 2.52. The van der Waals surface area contributed by atoms with E-state index in [0.717, 1.165) is 31.4 Å². The van der Waals surface area contributed by atoms with Crippen LogP contribution in [0.5, 0.6) is 0 Å². The summed E-state index contributed by atoms with van der Waals surface area (Å²) < 4.78 is 5.40. The van der Waals surface area contributed by atoms with Gasteiger partial charge in [-0.3, -0.25) is 0 Å². The van der Waals surface area contributed by atoms with Gasteiger partial charge in [0.25, 0.3) is 0 Å². The van der Waals surface area contributed by atoms with Gasteiger partial charge in [-0.25, -0.2) is 4.79 Å². The van der Waals surface area contributed by atoms with Crippen molar-refractivity contribution in [3.63, 3.8) is 0 Å². The zero-order chi connectivity index (χ0) is 8.10. The molecule has 1 aliphatic rings. The minimum atomic E-state index is 0.401. The minimum Gasteiger partial charge on any atom is -0.378 e. The third-order valence-electron chi connectivity index (χ3n) is 2.04. The first-order chi connectivity index (χ1) is 5.33. The van der Waals surface area contributed by atoms with Gasteiger partial charge in [-0.15, -0.1) is 0 Å². The molecule has 0 bridgehead atoms. The molecular formula is C9H14O2. The van der Waals surface area contributed by atoms with Gasteiger partial charge in [0.1, 0.15) is 5.94 Å². The van der Waals surface area contributed by atoms with Crippen LogP contribution in [0.4, 0.5) is 0 Å². The first-order valence-electron chi connectivity index (χ1n) is 4.15. The van der Waals surface area contributed by atoms with E-state index in [-0.39, 0.29) is 0 Å². The predicted molar refractivity (Wildman–Crippen MR) is 43.1 cm³/mol. The molecule has 0 radical (unpaired) electrons. The zero-order valence-electron chi connectivity index (χ0n) is 6.93. The molecule has 0 aromatic carbocycles. The standard InChI is InChI=1S/C9H14O2/c1-8(7-10)4-5-9-3-2-6-11-9/h9H,2-6H2,1H3. The van der Waals surface area contributed by atoms with Gasteiger partial charge in [0.05, 0.1) is 6.10 Å². The third-order valence-corrected chi connectivity index (χ3v) is 2.04. The van der Waals surface area contributed by atoms with Crippen LogP contribution in [0, 0.1) is 0 Å². The molecule has 0 aromatic heterocycles. The lowest BCUT2D eigenvalue weighted by atomic mass is 10.1. The summed E-state index contributed by atoms with van der Waals surface area (Å²) in [5.41, 5.74) is 0.806. The number of ether oxygens (including phenoxy) is 1. The molecule has 2 nitrogen and oxygen atoms in total. The maximum atomic E-state index is 10.1. The Balaban J connectivity index is 2.16. The maximum absolute atomic E-state index is 10.1. The van der Waals surface area contributed by atoms with Crippen LogP contribution in [0.2, 0.25) is 0 Å². The first kappa shape index (κ1) is 8.51.